The fourth-order valence-electron chi connectivity index (χ4n) is 2.25. The molecule has 2 rings (SSSR count). The van der Waals surface area contributed by atoms with Gasteiger partial charge < -0.3 is 10.0 Å². The molecule has 1 amide bonds. The van der Waals surface area contributed by atoms with E-state index in [-0.39, 0.29) is 12.5 Å². The maximum Gasteiger partial charge on any atom is 0.407 e. The monoisotopic (exact) mass is 235 g/mol. The van der Waals surface area contributed by atoms with Gasteiger partial charge in [0, 0.05) is 13.1 Å². The van der Waals surface area contributed by atoms with E-state index in [1.807, 2.05) is 0 Å². The van der Waals surface area contributed by atoms with E-state index in [0.717, 1.165) is 6.26 Å². The molecule has 2 fully saturated rings. The van der Waals surface area contributed by atoms with Gasteiger partial charge in [-0.05, 0) is 17.8 Å². The number of piperidine rings is 1. The summed E-state index contributed by atoms with van der Waals surface area (Å²) in [4.78, 5) is 12.0. The summed E-state index contributed by atoms with van der Waals surface area (Å²) < 4.78 is 26.1. The van der Waals surface area contributed by atoms with E-state index in [1.165, 1.54) is 4.90 Å². The first-order chi connectivity index (χ1) is 6.88. The molecule has 15 heavy (non-hydrogen) atoms. The fourth-order valence-corrected chi connectivity index (χ4v) is 2.66. The second-order valence-corrected chi connectivity index (χ2v) is 5.81. The highest BCUT2D eigenvalue weighted by molar-refractivity contribution is 7.85. The van der Waals surface area contributed by atoms with Gasteiger partial charge in [-0.2, -0.15) is 8.42 Å². The van der Waals surface area contributed by atoms with Crippen molar-refractivity contribution in [1.29, 1.82) is 0 Å². The lowest BCUT2D eigenvalue weighted by molar-refractivity contribution is 0.145. The maximum atomic E-state index is 10.7. The van der Waals surface area contributed by atoms with E-state index in [9.17, 15) is 13.2 Å². The van der Waals surface area contributed by atoms with Gasteiger partial charge in [0.2, 0.25) is 0 Å². The Kier molecular flexibility index (Phi) is 2.38. The summed E-state index contributed by atoms with van der Waals surface area (Å²) in [7, 11) is -3.37. The molecule has 0 unspecified atom stereocenters. The highest BCUT2D eigenvalue weighted by Crippen LogP contribution is 2.51. The first-order valence-corrected chi connectivity index (χ1v) is 6.52. The Morgan fingerprint density at radius 1 is 1.47 bits per heavy atom. The third-order valence-electron chi connectivity index (χ3n) is 3.12. The van der Waals surface area contributed by atoms with Gasteiger partial charge in [-0.25, -0.2) is 4.79 Å². The molecule has 1 heterocycles. The standard InChI is InChI=1S/C8H13NO5S/c1-15(12,13)14-4-7-5-2-9(8(10)11)3-6(5)7/h5-7H,2-4H2,1H3,(H,10,11)/t5-,6+,7-. The molecule has 7 heteroatoms. The van der Waals surface area contributed by atoms with Crippen LogP contribution >= 0.6 is 0 Å². The summed E-state index contributed by atoms with van der Waals surface area (Å²) in [5, 5.41) is 8.70. The molecular formula is C8H13NO5S. The molecule has 6 nitrogen and oxygen atoms in total. The average Bonchev–Trinajstić information content (AvgIpc) is 2.55. The van der Waals surface area contributed by atoms with Crippen LogP contribution < -0.4 is 0 Å². The zero-order chi connectivity index (χ0) is 11.2. The van der Waals surface area contributed by atoms with Gasteiger partial charge in [0.15, 0.2) is 0 Å². The topological polar surface area (TPSA) is 83.9 Å². The van der Waals surface area contributed by atoms with Gasteiger partial charge in [-0.15, -0.1) is 0 Å². The third kappa shape index (κ3) is 2.23. The molecule has 3 atom stereocenters. The number of carbonyl (C=O) groups is 1. The van der Waals surface area contributed by atoms with Crippen molar-refractivity contribution in [2.24, 2.45) is 17.8 Å². The van der Waals surface area contributed by atoms with Gasteiger partial charge in [0.05, 0.1) is 12.9 Å². The number of amides is 1. The van der Waals surface area contributed by atoms with Crippen LogP contribution in [0, 0.1) is 17.8 Å². The van der Waals surface area contributed by atoms with E-state index in [1.54, 1.807) is 0 Å². The van der Waals surface area contributed by atoms with Gasteiger partial charge in [-0.1, -0.05) is 0 Å². The Morgan fingerprint density at radius 3 is 2.40 bits per heavy atom. The average molecular weight is 235 g/mol. The lowest BCUT2D eigenvalue weighted by Gasteiger charge is -2.15. The van der Waals surface area contributed by atoms with Crippen LogP contribution in [-0.4, -0.2) is 50.5 Å². The van der Waals surface area contributed by atoms with Crippen LogP contribution in [0.1, 0.15) is 0 Å². The van der Waals surface area contributed by atoms with Crippen molar-refractivity contribution in [2.45, 2.75) is 0 Å². The molecule has 1 aliphatic heterocycles. The molecule has 0 aromatic rings. The van der Waals surface area contributed by atoms with E-state index >= 15 is 0 Å². The second kappa shape index (κ2) is 3.34. The molecule has 0 radical (unpaired) electrons. The Bertz CT molecular complexity index is 366. The summed E-state index contributed by atoms with van der Waals surface area (Å²) in [6.07, 6.45) is 0.124. The molecular weight excluding hydrogens is 222 g/mol. The molecule has 0 bridgehead atoms. The third-order valence-corrected chi connectivity index (χ3v) is 3.68. The minimum Gasteiger partial charge on any atom is -0.465 e. The molecule has 86 valence electrons. The van der Waals surface area contributed by atoms with Crippen LogP contribution in [0.3, 0.4) is 0 Å². The number of fused-ring (bicyclic) bond motifs is 1. The predicted molar refractivity (Wildman–Crippen MR) is 50.9 cm³/mol. The summed E-state index contributed by atoms with van der Waals surface area (Å²) >= 11 is 0. The molecule has 1 saturated heterocycles. The van der Waals surface area contributed by atoms with Gasteiger partial charge in [0.25, 0.3) is 10.1 Å². The van der Waals surface area contributed by atoms with E-state index in [2.05, 4.69) is 0 Å². The number of nitrogens with zero attached hydrogens (tertiary/aromatic N) is 1. The Hall–Kier alpha value is -0.820. The summed E-state index contributed by atoms with van der Waals surface area (Å²) in [6.45, 7) is 1.22. The van der Waals surface area contributed by atoms with Crippen LogP contribution in [0.2, 0.25) is 0 Å². The molecule has 0 aromatic heterocycles. The number of carboxylic acid groups (broad SMARTS) is 1. The van der Waals surface area contributed by atoms with E-state index < -0.39 is 16.2 Å². The lowest BCUT2D eigenvalue weighted by Crippen LogP contribution is -2.30. The van der Waals surface area contributed by atoms with Crippen LogP contribution in [0.15, 0.2) is 0 Å². The minimum atomic E-state index is -3.37. The Labute approximate surface area is 87.9 Å². The molecule has 0 spiro atoms. The zero-order valence-electron chi connectivity index (χ0n) is 8.29. The number of likely N-dealkylation sites (tertiary alicyclic amines) is 1. The first-order valence-electron chi connectivity index (χ1n) is 4.71. The summed E-state index contributed by atoms with van der Waals surface area (Å²) in [5.41, 5.74) is 0. The number of hydrogen-bond donors (Lipinski definition) is 1. The highest BCUT2D eigenvalue weighted by Gasteiger charge is 2.56. The van der Waals surface area contributed by atoms with Crippen LogP contribution in [0.4, 0.5) is 4.79 Å². The van der Waals surface area contributed by atoms with Crippen molar-refractivity contribution < 1.29 is 22.5 Å². The summed E-state index contributed by atoms with van der Waals surface area (Å²) in [6, 6.07) is 0. The van der Waals surface area contributed by atoms with Crippen molar-refractivity contribution in [1.82, 2.24) is 4.90 Å². The molecule has 1 saturated carbocycles. The quantitative estimate of drug-likeness (QED) is 0.686. The SMILES string of the molecule is CS(=O)(=O)OC[C@H]1[C@H]2CN(C(=O)O)C[C@@H]12. The van der Waals surface area contributed by atoms with E-state index in [0.29, 0.717) is 24.9 Å². The van der Waals surface area contributed by atoms with Crippen molar-refractivity contribution in [3.8, 4) is 0 Å². The first kappa shape index (κ1) is 10.7. The van der Waals surface area contributed by atoms with Crippen molar-refractivity contribution >= 4 is 16.2 Å². The Balaban J connectivity index is 1.78. The van der Waals surface area contributed by atoms with Crippen molar-refractivity contribution in [3.05, 3.63) is 0 Å². The maximum absolute atomic E-state index is 10.7. The van der Waals surface area contributed by atoms with Gasteiger partial charge in [-0.3, -0.25) is 4.18 Å². The largest absolute Gasteiger partial charge is 0.465 e. The summed E-state index contributed by atoms with van der Waals surface area (Å²) in [5.74, 6) is 0.807. The lowest BCUT2D eigenvalue weighted by atomic mass is 10.3. The number of hydrogen-bond acceptors (Lipinski definition) is 4. The zero-order valence-corrected chi connectivity index (χ0v) is 9.11. The Morgan fingerprint density at radius 2 is 2.00 bits per heavy atom. The van der Waals surface area contributed by atoms with Crippen LogP contribution in [-0.2, 0) is 14.3 Å². The van der Waals surface area contributed by atoms with Crippen LogP contribution in [0.25, 0.3) is 0 Å². The minimum absolute atomic E-state index is 0.196. The van der Waals surface area contributed by atoms with E-state index in [4.69, 9.17) is 9.29 Å². The van der Waals surface area contributed by atoms with Crippen LogP contribution in [0.5, 0.6) is 0 Å². The van der Waals surface area contributed by atoms with Gasteiger partial charge >= 0.3 is 6.09 Å². The molecule has 0 aromatic carbocycles. The molecule has 2 aliphatic rings. The molecule has 1 aliphatic carbocycles. The predicted octanol–water partition coefficient (Wildman–Crippen LogP) is -0.182. The normalized spacial score (nSPS) is 33.9. The fraction of sp³-hybridized carbons (Fsp3) is 0.875. The smallest absolute Gasteiger partial charge is 0.407 e. The highest BCUT2D eigenvalue weighted by atomic mass is 32.2. The van der Waals surface area contributed by atoms with Gasteiger partial charge in [0.1, 0.15) is 0 Å². The second-order valence-electron chi connectivity index (χ2n) is 4.17. The molecule has 1 N–H and O–H groups in total. The number of rotatable bonds is 3. The van der Waals surface area contributed by atoms with Crippen molar-refractivity contribution in [3.63, 3.8) is 0 Å². The van der Waals surface area contributed by atoms with Crippen molar-refractivity contribution in [2.75, 3.05) is 26.0 Å².